The van der Waals surface area contributed by atoms with E-state index in [2.05, 4.69) is 25.6 Å². The van der Waals surface area contributed by atoms with Crippen LogP contribution < -0.4 is 0 Å². The molecule has 0 saturated carbocycles. The van der Waals surface area contributed by atoms with Crippen molar-refractivity contribution >= 4 is 23.7 Å². The number of unbranched alkanes of at least 4 members (excludes halogenated alkanes) is 18. The summed E-state index contributed by atoms with van der Waals surface area (Å²) in [5, 5.41) is 0. The molecule has 0 aliphatic heterocycles. The van der Waals surface area contributed by atoms with Crippen molar-refractivity contribution in [2.75, 3.05) is 24.7 Å². The van der Waals surface area contributed by atoms with Crippen molar-refractivity contribution in [1.82, 2.24) is 0 Å². The largest absolute Gasteiger partial charge is 0.466 e. The van der Waals surface area contributed by atoms with E-state index in [0.717, 1.165) is 51.4 Å². The lowest BCUT2D eigenvalue weighted by Gasteiger charge is -2.05. The van der Waals surface area contributed by atoms with Crippen LogP contribution in [0.4, 0.5) is 0 Å². The van der Waals surface area contributed by atoms with Gasteiger partial charge in [-0.3, -0.25) is 9.59 Å². The third-order valence-electron chi connectivity index (χ3n) is 6.86. The van der Waals surface area contributed by atoms with E-state index < -0.39 is 0 Å². The first-order chi connectivity index (χ1) is 18.2. The van der Waals surface area contributed by atoms with Crippen molar-refractivity contribution < 1.29 is 19.1 Å². The van der Waals surface area contributed by atoms with E-state index in [4.69, 9.17) is 9.47 Å². The Morgan fingerprint density at radius 3 is 1.05 bits per heavy atom. The Kier molecular flexibility index (Phi) is 30.9. The Morgan fingerprint density at radius 1 is 0.432 bits per heavy atom. The van der Waals surface area contributed by atoms with Gasteiger partial charge in [-0.25, -0.2) is 0 Å². The number of thioether (sulfide) groups is 1. The van der Waals surface area contributed by atoms with E-state index in [0.29, 0.717) is 26.1 Å². The molecule has 4 nitrogen and oxygen atoms in total. The van der Waals surface area contributed by atoms with E-state index in [-0.39, 0.29) is 11.9 Å². The van der Waals surface area contributed by atoms with Gasteiger partial charge in [-0.05, 0) is 50.0 Å². The maximum Gasteiger partial charge on any atom is 0.305 e. The monoisotopic (exact) mass is 542 g/mol. The average molecular weight is 543 g/mol. The maximum absolute atomic E-state index is 11.5. The molecule has 220 valence electrons. The van der Waals surface area contributed by atoms with Crippen molar-refractivity contribution in [1.29, 1.82) is 0 Å². The molecular weight excluding hydrogens is 480 g/mol. The van der Waals surface area contributed by atoms with E-state index in [1.165, 1.54) is 101 Å². The van der Waals surface area contributed by atoms with Crippen LogP contribution in [0.15, 0.2) is 0 Å². The topological polar surface area (TPSA) is 52.6 Å². The van der Waals surface area contributed by atoms with Gasteiger partial charge in [0.15, 0.2) is 0 Å². The van der Waals surface area contributed by atoms with Crippen molar-refractivity contribution in [2.45, 2.75) is 168 Å². The maximum atomic E-state index is 11.5. The van der Waals surface area contributed by atoms with Crippen molar-refractivity contribution in [2.24, 2.45) is 0 Å². The number of carbonyl (C=O) groups excluding carboxylic acids is 2. The molecular formula is C32H62O4S. The lowest BCUT2D eigenvalue weighted by Crippen LogP contribution is -2.05. The number of esters is 2. The second-order valence-corrected chi connectivity index (χ2v) is 11.8. The Morgan fingerprint density at radius 2 is 0.730 bits per heavy atom. The summed E-state index contributed by atoms with van der Waals surface area (Å²) in [5.41, 5.74) is 0. The second kappa shape index (κ2) is 31.5. The van der Waals surface area contributed by atoms with E-state index >= 15 is 0 Å². The van der Waals surface area contributed by atoms with Crippen LogP contribution in [0.3, 0.4) is 0 Å². The molecule has 0 aromatic rings. The molecule has 0 N–H and O–H groups in total. The minimum absolute atomic E-state index is 0.0103. The molecule has 0 aromatic carbocycles. The third-order valence-corrected chi connectivity index (χ3v) is 8.02. The Labute approximate surface area is 235 Å². The SMILES string of the molecule is CCCCOC(=O)CCCCCCCCCCCSCCCCCCCCCCCC(=O)OCCCC. The summed E-state index contributed by atoms with van der Waals surface area (Å²) in [5.74, 6) is 2.65. The molecule has 0 heterocycles. The van der Waals surface area contributed by atoms with Crippen LogP contribution in [0.25, 0.3) is 0 Å². The quantitative estimate of drug-likeness (QED) is 0.0667. The lowest BCUT2D eigenvalue weighted by atomic mass is 10.1. The fourth-order valence-corrected chi connectivity index (χ4v) is 5.35. The molecule has 0 atom stereocenters. The molecule has 0 aromatic heterocycles. The molecule has 0 aliphatic carbocycles. The highest BCUT2D eigenvalue weighted by Crippen LogP contribution is 2.15. The van der Waals surface area contributed by atoms with Gasteiger partial charge in [0.1, 0.15) is 0 Å². The Bertz CT molecular complexity index is 441. The second-order valence-electron chi connectivity index (χ2n) is 10.6. The summed E-state index contributed by atoms with van der Waals surface area (Å²) in [6.07, 6.45) is 28.5. The van der Waals surface area contributed by atoms with Gasteiger partial charge in [-0.2, -0.15) is 11.8 Å². The highest BCUT2D eigenvalue weighted by Gasteiger charge is 2.03. The van der Waals surface area contributed by atoms with Crippen LogP contribution in [0, 0.1) is 0 Å². The van der Waals surface area contributed by atoms with Crippen molar-refractivity contribution in [3.8, 4) is 0 Å². The van der Waals surface area contributed by atoms with Gasteiger partial charge in [0.2, 0.25) is 0 Å². The molecule has 37 heavy (non-hydrogen) atoms. The van der Waals surface area contributed by atoms with Crippen LogP contribution >= 0.6 is 11.8 Å². The first-order valence-electron chi connectivity index (χ1n) is 16.1. The molecule has 0 saturated heterocycles. The van der Waals surface area contributed by atoms with Gasteiger partial charge >= 0.3 is 11.9 Å². The molecule has 0 aliphatic rings. The van der Waals surface area contributed by atoms with Crippen molar-refractivity contribution in [3.05, 3.63) is 0 Å². The van der Waals surface area contributed by atoms with Gasteiger partial charge < -0.3 is 9.47 Å². The summed E-state index contributed by atoms with van der Waals surface area (Å²) in [6.45, 7) is 5.42. The van der Waals surface area contributed by atoms with Crippen LogP contribution in [0.5, 0.6) is 0 Å². The zero-order valence-electron chi connectivity index (χ0n) is 24.8. The van der Waals surface area contributed by atoms with Gasteiger partial charge in [0, 0.05) is 12.8 Å². The van der Waals surface area contributed by atoms with Gasteiger partial charge in [0.05, 0.1) is 13.2 Å². The molecule has 5 heteroatoms. The zero-order valence-corrected chi connectivity index (χ0v) is 25.7. The molecule has 0 bridgehead atoms. The highest BCUT2D eigenvalue weighted by molar-refractivity contribution is 7.99. The molecule has 0 radical (unpaired) electrons. The van der Waals surface area contributed by atoms with E-state index in [1.54, 1.807) is 0 Å². The minimum Gasteiger partial charge on any atom is -0.466 e. The number of carbonyl (C=O) groups is 2. The van der Waals surface area contributed by atoms with Crippen molar-refractivity contribution in [3.63, 3.8) is 0 Å². The first-order valence-corrected chi connectivity index (χ1v) is 17.2. The van der Waals surface area contributed by atoms with Crippen LogP contribution in [0.1, 0.15) is 168 Å². The van der Waals surface area contributed by atoms with Crippen LogP contribution in [-0.4, -0.2) is 36.7 Å². The normalized spacial score (nSPS) is 11.1. The summed E-state index contributed by atoms with van der Waals surface area (Å²) >= 11 is 2.15. The molecule has 0 spiro atoms. The minimum atomic E-state index is -0.0103. The molecule has 0 fully saturated rings. The summed E-state index contributed by atoms with van der Waals surface area (Å²) < 4.78 is 10.4. The number of hydrogen-bond acceptors (Lipinski definition) is 5. The van der Waals surface area contributed by atoms with Crippen LogP contribution in [0.2, 0.25) is 0 Å². The molecule has 0 rings (SSSR count). The van der Waals surface area contributed by atoms with Gasteiger partial charge in [-0.15, -0.1) is 0 Å². The smallest absolute Gasteiger partial charge is 0.305 e. The highest BCUT2D eigenvalue weighted by atomic mass is 32.2. The van der Waals surface area contributed by atoms with E-state index in [1.807, 2.05) is 0 Å². The Hall–Kier alpha value is -0.710. The van der Waals surface area contributed by atoms with Gasteiger partial charge in [-0.1, -0.05) is 117 Å². The summed E-state index contributed by atoms with van der Waals surface area (Å²) in [7, 11) is 0. The summed E-state index contributed by atoms with van der Waals surface area (Å²) in [4.78, 5) is 23.1. The number of ether oxygens (including phenoxy) is 2. The standard InChI is InChI=1S/C32H62O4S/c1-3-5-27-35-31(33)25-21-17-13-9-7-11-15-19-23-29-37-30-24-20-16-12-8-10-14-18-22-26-32(34)36-28-6-4-2/h3-30H2,1-2H3. The average Bonchev–Trinajstić information content (AvgIpc) is 2.89. The predicted molar refractivity (Wildman–Crippen MR) is 161 cm³/mol. The van der Waals surface area contributed by atoms with Gasteiger partial charge in [0.25, 0.3) is 0 Å². The lowest BCUT2D eigenvalue weighted by molar-refractivity contribution is -0.144. The van der Waals surface area contributed by atoms with E-state index in [9.17, 15) is 9.59 Å². The number of rotatable bonds is 30. The third kappa shape index (κ3) is 31.4. The molecule has 0 unspecified atom stereocenters. The molecule has 0 amide bonds. The Balaban J connectivity index is 3.12. The first kappa shape index (κ1) is 36.3. The van der Waals surface area contributed by atoms with Crippen LogP contribution in [-0.2, 0) is 19.1 Å². The fourth-order valence-electron chi connectivity index (χ4n) is 4.33. The fraction of sp³-hybridized carbons (Fsp3) is 0.938. The summed E-state index contributed by atoms with van der Waals surface area (Å²) in [6, 6.07) is 0. The predicted octanol–water partition coefficient (Wildman–Crippen LogP) is 10.2. The zero-order chi connectivity index (χ0) is 27.1. The number of hydrogen-bond donors (Lipinski definition) is 0.